The van der Waals surface area contributed by atoms with Crippen LogP contribution in [-0.4, -0.2) is 20.1 Å². The quantitative estimate of drug-likeness (QED) is 0.893. The van der Waals surface area contributed by atoms with Crippen molar-refractivity contribution in [1.29, 1.82) is 0 Å². The van der Waals surface area contributed by atoms with E-state index in [0.717, 1.165) is 23.9 Å². The molecule has 0 aromatic carbocycles. The molecule has 1 fully saturated rings. The van der Waals surface area contributed by atoms with Gasteiger partial charge in [-0.15, -0.1) is 5.10 Å². The average molecular weight is 249 g/mol. The molecule has 2 rings (SSSR count). The SMILES string of the molecule is CC(C1CCC1)n1nnc(CO)c1C(F)(F)F. The average Bonchev–Trinajstić information content (AvgIpc) is 2.57. The second kappa shape index (κ2) is 4.29. The van der Waals surface area contributed by atoms with E-state index in [1.165, 1.54) is 0 Å². The van der Waals surface area contributed by atoms with E-state index in [1.54, 1.807) is 6.92 Å². The highest BCUT2D eigenvalue weighted by atomic mass is 19.4. The molecule has 17 heavy (non-hydrogen) atoms. The van der Waals surface area contributed by atoms with Gasteiger partial charge in [-0.2, -0.15) is 13.2 Å². The van der Waals surface area contributed by atoms with Gasteiger partial charge in [-0.1, -0.05) is 11.6 Å². The molecule has 0 aliphatic heterocycles. The van der Waals surface area contributed by atoms with E-state index in [-0.39, 0.29) is 12.0 Å². The highest BCUT2D eigenvalue weighted by molar-refractivity contribution is 5.14. The predicted octanol–water partition coefficient (Wildman–Crippen LogP) is 2.15. The van der Waals surface area contributed by atoms with Crippen LogP contribution in [0.2, 0.25) is 0 Å². The minimum atomic E-state index is -4.53. The zero-order valence-electron chi connectivity index (χ0n) is 9.41. The molecule has 1 heterocycles. The van der Waals surface area contributed by atoms with E-state index < -0.39 is 24.2 Å². The highest BCUT2D eigenvalue weighted by Gasteiger charge is 2.41. The molecule has 1 unspecified atom stereocenters. The van der Waals surface area contributed by atoms with E-state index in [0.29, 0.717) is 0 Å². The van der Waals surface area contributed by atoms with E-state index in [4.69, 9.17) is 5.11 Å². The first-order valence-electron chi connectivity index (χ1n) is 5.57. The summed E-state index contributed by atoms with van der Waals surface area (Å²) >= 11 is 0. The molecule has 1 N–H and O–H groups in total. The number of halogens is 3. The number of hydrogen-bond acceptors (Lipinski definition) is 3. The van der Waals surface area contributed by atoms with Crippen molar-refractivity contribution in [1.82, 2.24) is 15.0 Å². The first kappa shape index (κ1) is 12.3. The molecule has 1 aromatic rings. The van der Waals surface area contributed by atoms with Crippen LogP contribution in [0.4, 0.5) is 13.2 Å². The van der Waals surface area contributed by atoms with Crippen LogP contribution in [0.1, 0.15) is 43.6 Å². The van der Waals surface area contributed by atoms with Crippen molar-refractivity contribution in [3.8, 4) is 0 Å². The number of rotatable bonds is 3. The van der Waals surface area contributed by atoms with Gasteiger partial charge >= 0.3 is 6.18 Å². The van der Waals surface area contributed by atoms with Gasteiger partial charge in [-0.25, -0.2) is 4.68 Å². The van der Waals surface area contributed by atoms with Crippen LogP contribution in [0, 0.1) is 5.92 Å². The van der Waals surface area contributed by atoms with Gasteiger partial charge in [0.2, 0.25) is 0 Å². The van der Waals surface area contributed by atoms with Crippen molar-refractivity contribution in [2.45, 2.75) is 45.0 Å². The molecule has 0 saturated heterocycles. The third kappa shape index (κ3) is 2.15. The van der Waals surface area contributed by atoms with Crippen LogP contribution in [0.25, 0.3) is 0 Å². The second-order valence-corrected chi connectivity index (χ2v) is 4.42. The second-order valence-electron chi connectivity index (χ2n) is 4.42. The van der Waals surface area contributed by atoms with Gasteiger partial charge in [-0.3, -0.25) is 0 Å². The summed E-state index contributed by atoms with van der Waals surface area (Å²) in [6.45, 7) is 0.973. The van der Waals surface area contributed by atoms with Gasteiger partial charge in [0.25, 0.3) is 0 Å². The van der Waals surface area contributed by atoms with E-state index in [2.05, 4.69) is 10.3 Å². The minimum Gasteiger partial charge on any atom is -0.390 e. The molecule has 96 valence electrons. The van der Waals surface area contributed by atoms with Gasteiger partial charge in [0.05, 0.1) is 12.6 Å². The molecule has 1 atom stereocenters. The van der Waals surface area contributed by atoms with Crippen LogP contribution in [0.3, 0.4) is 0 Å². The largest absolute Gasteiger partial charge is 0.435 e. The topological polar surface area (TPSA) is 50.9 Å². The third-order valence-corrected chi connectivity index (χ3v) is 3.40. The fourth-order valence-corrected chi connectivity index (χ4v) is 2.13. The summed E-state index contributed by atoms with van der Waals surface area (Å²) in [6, 6.07) is -0.326. The normalized spacial score (nSPS) is 19.1. The summed E-state index contributed by atoms with van der Waals surface area (Å²) in [5.74, 6) is 0.226. The molecule has 7 heteroatoms. The first-order chi connectivity index (χ1) is 7.95. The summed E-state index contributed by atoms with van der Waals surface area (Å²) < 4.78 is 39.5. The zero-order valence-corrected chi connectivity index (χ0v) is 9.41. The molecule has 1 aliphatic rings. The van der Waals surface area contributed by atoms with Crippen LogP contribution >= 0.6 is 0 Å². The predicted molar refractivity (Wildman–Crippen MR) is 53.0 cm³/mol. The maximum Gasteiger partial charge on any atom is 0.435 e. The van der Waals surface area contributed by atoms with Gasteiger partial charge in [0, 0.05) is 0 Å². The lowest BCUT2D eigenvalue weighted by Crippen LogP contribution is -2.27. The molecule has 1 aromatic heterocycles. The van der Waals surface area contributed by atoms with Gasteiger partial charge in [0.1, 0.15) is 5.69 Å². The molecular formula is C10H14F3N3O. The minimum absolute atomic E-state index is 0.226. The Balaban J connectivity index is 2.36. The zero-order chi connectivity index (χ0) is 12.6. The highest BCUT2D eigenvalue weighted by Crippen LogP contribution is 2.39. The van der Waals surface area contributed by atoms with E-state index in [9.17, 15) is 13.2 Å². The van der Waals surface area contributed by atoms with Crippen molar-refractivity contribution >= 4 is 0 Å². The molecule has 1 aliphatic carbocycles. The lowest BCUT2D eigenvalue weighted by atomic mass is 9.80. The van der Waals surface area contributed by atoms with Crippen molar-refractivity contribution in [2.24, 2.45) is 5.92 Å². The standard InChI is InChI=1S/C10H14F3N3O/c1-6(7-3-2-4-7)16-9(10(11,12)13)8(5-17)14-15-16/h6-7,17H,2-5H2,1H3. The van der Waals surface area contributed by atoms with Crippen molar-refractivity contribution in [3.05, 3.63) is 11.4 Å². The molecule has 0 radical (unpaired) electrons. The number of hydrogen-bond donors (Lipinski definition) is 1. The summed E-state index contributed by atoms with van der Waals surface area (Å²) in [4.78, 5) is 0. The fraction of sp³-hybridized carbons (Fsp3) is 0.800. The number of nitrogens with zero attached hydrogens (tertiary/aromatic N) is 3. The smallest absolute Gasteiger partial charge is 0.390 e. The third-order valence-electron chi connectivity index (χ3n) is 3.40. The summed E-state index contributed by atoms with van der Waals surface area (Å²) in [7, 11) is 0. The van der Waals surface area contributed by atoms with Crippen LogP contribution < -0.4 is 0 Å². The van der Waals surface area contributed by atoms with E-state index >= 15 is 0 Å². The van der Waals surface area contributed by atoms with E-state index in [1.807, 2.05) is 0 Å². The lowest BCUT2D eigenvalue weighted by Gasteiger charge is -2.32. The van der Waals surface area contributed by atoms with Crippen LogP contribution in [-0.2, 0) is 12.8 Å². The molecule has 4 nitrogen and oxygen atoms in total. The molecule has 0 amide bonds. The Morgan fingerprint density at radius 1 is 1.47 bits per heavy atom. The Morgan fingerprint density at radius 3 is 2.53 bits per heavy atom. The monoisotopic (exact) mass is 249 g/mol. The molecule has 1 saturated carbocycles. The number of aliphatic hydroxyl groups is 1. The Labute approximate surface area is 96.4 Å². The van der Waals surface area contributed by atoms with Crippen LogP contribution in [0.15, 0.2) is 0 Å². The van der Waals surface area contributed by atoms with Crippen molar-refractivity contribution in [2.75, 3.05) is 0 Å². The summed E-state index contributed by atoms with van der Waals surface area (Å²) in [6.07, 6.45) is -1.63. The first-order valence-corrected chi connectivity index (χ1v) is 5.57. The Hall–Kier alpha value is -1.11. The van der Waals surface area contributed by atoms with Gasteiger partial charge in [0.15, 0.2) is 5.69 Å². The summed E-state index contributed by atoms with van der Waals surface area (Å²) in [5, 5.41) is 15.8. The Morgan fingerprint density at radius 2 is 2.12 bits per heavy atom. The number of aromatic nitrogens is 3. The molecular weight excluding hydrogens is 235 g/mol. The van der Waals surface area contributed by atoms with Gasteiger partial charge in [-0.05, 0) is 25.7 Å². The maximum atomic E-state index is 12.9. The fourth-order valence-electron chi connectivity index (χ4n) is 2.13. The molecule has 0 bridgehead atoms. The number of alkyl halides is 3. The Kier molecular flexibility index (Phi) is 3.11. The summed E-state index contributed by atoms with van der Waals surface area (Å²) in [5.41, 5.74) is -1.32. The molecule has 0 spiro atoms. The van der Waals surface area contributed by atoms with Crippen LogP contribution in [0.5, 0.6) is 0 Å². The Bertz CT molecular complexity index is 398. The number of aliphatic hydroxyl groups excluding tert-OH is 1. The van der Waals surface area contributed by atoms with Crippen molar-refractivity contribution in [3.63, 3.8) is 0 Å². The maximum absolute atomic E-state index is 12.9. The lowest BCUT2D eigenvalue weighted by molar-refractivity contribution is -0.146. The van der Waals surface area contributed by atoms with Gasteiger partial charge < -0.3 is 5.11 Å². The van der Waals surface area contributed by atoms with Crippen molar-refractivity contribution < 1.29 is 18.3 Å².